The molecule has 0 aromatic carbocycles. The predicted molar refractivity (Wildman–Crippen MR) is 81.5 cm³/mol. The van der Waals surface area contributed by atoms with E-state index in [-0.39, 0.29) is 0 Å². The van der Waals surface area contributed by atoms with Gasteiger partial charge in [0.2, 0.25) is 0 Å². The topological polar surface area (TPSA) is 40.5 Å². The Labute approximate surface area is 119 Å². The van der Waals surface area contributed by atoms with Crippen LogP contribution in [0.25, 0.3) is 0 Å². The molecule has 0 aliphatic carbocycles. The Morgan fingerprint density at radius 3 is 2.00 bits per heavy atom. The standard InChI is InChI=1S/C16H33NO2/c1-4-5-6-7-8-9-10-11-12-15(13-16(18)19)14-17(2)3/h15H,4-14H2,1-3H3,(H,18,19). The van der Waals surface area contributed by atoms with Gasteiger partial charge in [-0.1, -0.05) is 58.3 Å². The van der Waals surface area contributed by atoms with Crippen LogP contribution in [-0.2, 0) is 4.79 Å². The lowest BCUT2D eigenvalue weighted by molar-refractivity contribution is -0.138. The number of rotatable bonds is 13. The van der Waals surface area contributed by atoms with E-state index in [1.165, 1.54) is 51.4 Å². The van der Waals surface area contributed by atoms with Gasteiger partial charge in [-0.25, -0.2) is 0 Å². The molecule has 0 spiro atoms. The SMILES string of the molecule is CCCCCCCCCCC(CC(=O)O)CN(C)C. The summed E-state index contributed by atoms with van der Waals surface area (Å²) in [7, 11) is 4.03. The minimum Gasteiger partial charge on any atom is -0.481 e. The smallest absolute Gasteiger partial charge is 0.303 e. The van der Waals surface area contributed by atoms with E-state index in [1.807, 2.05) is 14.1 Å². The van der Waals surface area contributed by atoms with Gasteiger partial charge in [-0.15, -0.1) is 0 Å². The molecule has 0 aromatic rings. The van der Waals surface area contributed by atoms with Gasteiger partial charge in [0.05, 0.1) is 0 Å². The third kappa shape index (κ3) is 13.7. The van der Waals surface area contributed by atoms with Crippen LogP contribution in [0.15, 0.2) is 0 Å². The highest BCUT2D eigenvalue weighted by molar-refractivity contribution is 5.67. The molecule has 0 saturated carbocycles. The molecule has 1 atom stereocenters. The fourth-order valence-corrected chi connectivity index (χ4v) is 2.59. The number of carbonyl (C=O) groups is 1. The van der Waals surface area contributed by atoms with Crippen molar-refractivity contribution in [2.24, 2.45) is 5.92 Å². The molecule has 0 aliphatic rings. The maximum atomic E-state index is 10.8. The molecular formula is C16H33NO2. The van der Waals surface area contributed by atoms with E-state index in [9.17, 15) is 4.79 Å². The van der Waals surface area contributed by atoms with Crippen molar-refractivity contribution in [3.8, 4) is 0 Å². The number of carboxylic acids is 1. The molecule has 0 radical (unpaired) electrons. The largest absolute Gasteiger partial charge is 0.481 e. The van der Waals surface area contributed by atoms with Gasteiger partial charge in [0.15, 0.2) is 0 Å². The van der Waals surface area contributed by atoms with Crippen molar-refractivity contribution in [2.75, 3.05) is 20.6 Å². The average Bonchev–Trinajstić information content (AvgIpc) is 2.30. The second kappa shape index (κ2) is 12.5. The number of hydrogen-bond acceptors (Lipinski definition) is 2. The molecule has 0 saturated heterocycles. The minimum atomic E-state index is -0.661. The Hall–Kier alpha value is -0.570. The van der Waals surface area contributed by atoms with Crippen LogP contribution < -0.4 is 0 Å². The molecular weight excluding hydrogens is 238 g/mol. The highest BCUT2D eigenvalue weighted by Gasteiger charge is 2.13. The molecule has 0 aromatic heterocycles. The molecule has 0 bridgehead atoms. The molecule has 0 aliphatic heterocycles. The van der Waals surface area contributed by atoms with Gasteiger partial charge in [0, 0.05) is 13.0 Å². The van der Waals surface area contributed by atoms with Gasteiger partial charge in [-0.2, -0.15) is 0 Å². The summed E-state index contributed by atoms with van der Waals surface area (Å²) in [6, 6.07) is 0. The second-order valence-electron chi connectivity index (χ2n) is 5.99. The van der Waals surface area contributed by atoms with E-state index >= 15 is 0 Å². The first kappa shape index (κ1) is 18.4. The summed E-state index contributed by atoms with van der Waals surface area (Å²) in [6.45, 7) is 3.14. The second-order valence-corrected chi connectivity index (χ2v) is 5.99. The van der Waals surface area contributed by atoms with Crippen LogP contribution in [0.4, 0.5) is 0 Å². The molecule has 0 amide bonds. The summed E-state index contributed by atoms with van der Waals surface area (Å²) in [5.74, 6) is -0.348. The fourth-order valence-electron chi connectivity index (χ4n) is 2.59. The number of carboxylic acid groups (broad SMARTS) is 1. The third-order valence-electron chi connectivity index (χ3n) is 3.55. The van der Waals surface area contributed by atoms with Crippen LogP contribution in [0.1, 0.15) is 71.1 Å². The third-order valence-corrected chi connectivity index (χ3v) is 3.55. The molecule has 1 N–H and O–H groups in total. The van der Waals surface area contributed by atoms with Crippen LogP contribution in [-0.4, -0.2) is 36.6 Å². The Morgan fingerprint density at radius 1 is 1.00 bits per heavy atom. The van der Waals surface area contributed by atoms with Gasteiger partial charge in [-0.05, 0) is 26.4 Å². The van der Waals surface area contributed by atoms with Crippen molar-refractivity contribution < 1.29 is 9.90 Å². The van der Waals surface area contributed by atoms with Crippen molar-refractivity contribution in [3.05, 3.63) is 0 Å². The van der Waals surface area contributed by atoms with Crippen LogP contribution in [0.5, 0.6) is 0 Å². The summed E-state index contributed by atoms with van der Waals surface area (Å²) in [5.41, 5.74) is 0. The molecule has 0 rings (SSSR count). The van der Waals surface area contributed by atoms with Crippen molar-refractivity contribution in [3.63, 3.8) is 0 Å². The first-order valence-corrected chi connectivity index (χ1v) is 7.92. The van der Waals surface area contributed by atoms with Gasteiger partial charge in [0.1, 0.15) is 0 Å². The van der Waals surface area contributed by atoms with Crippen LogP contribution >= 0.6 is 0 Å². The monoisotopic (exact) mass is 271 g/mol. The van der Waals surface area contributed by atoms with Crippen LogP contribution in [0.2, 0.25) is 0 Å². The average molecular weight is 271 g/mol. The molecule has 3 heteroatoms. The van der Waals surface area contributed by atoms with Crippen LogP contribution in [0, 0.1) is 5.92 Å². The van der Waals surface area contributed by atoms with Gasteiger partial charge in [-0.3, -0.25) is 4.79 Å². The minimum absolute atomic E-state index is 0.313. The summed E-state index contributed by atoms with van der Waals surface area (Å²) in [5, 5.41) is 8.90. The van der Waals surface area contributed by atoms with E-state index in [4.69, 9.17) is 5.11 Å². The quantitative estimate of drug-likeness (QED) is 0.511. The molecule has 0 heterocycles. The number of nitrogens with zero attached hydrogens (tertiary/aromatic N) is 1. The summed E-state index contributed by atoms with van der Waals surface area (Å²) in [4.78, 5) is 12.9. The van der Waals surface area contributed by atoms with E-state index in [2.05, 4.69) is 11.8 Å². The summed E-state index contributed by atoms with van der Waals surface area (Å²) >= 11 is 0. The van der Waals surface area contributed by atoms with E-state index < -0.39 is 5.97 Å². The number of unbranched alkanes of at least 4 members (excludes halogenated alkanes) is 7. The fraction of sp³-hybridized carbons (Fsp3) is 0.938. The molecule has 19 heavy (non-hydrogen) atoms. The van der Waals surface area contributed by atoms with Crippen LogP contribution in [0.3, 0.4) is 0 Å². The number of hydrogen-bond donors (Lipinski definition) is 1. The highest BCUT2D eigenvalue weighted by Crippen LogP contribution is 2.16. The lowest BCUT2D eigenvalue weighted by Crippen LogP contribution is -2.23. The van der Waals surface area contributed by atoms with Crippen molar-refractivity contribution in [1.29, 1.82) is 0 Å². The maximum Gasteiger partial charge on any atom is 0.303 e. The lowest BCUT2D eigenvalue weighted by atomic mass is 9.96. The zero-order chi connectivity index (χ0) is 14.5. The normalized spacial score (nSPS) is 12.8. The lowest BCUT2D eigenvalue weighted by Gasteiger charge is -2.19. The molecule has 114 valence electrons. The predicted octanol–water partition coefficient (Wildman–Crippen LogP) is 4.17. The number of aliphatic carboxylic acids is 1. The Morgan fingerprint density at radius 2 is 1.53 bits per heavy atom. The first-order chi connectivity index (χ1) is 9.06. The van der Waals surface area contributed by atoms with Gasteiger partial charge in [0.25, 0.3) is 0 Å². The van der Waals surface area contributed by atoms with Gasteiger partial charge < -0.3 is 10.0 Å². The summed E-state index contributed by atoms with van der Waals surface area (Å²) < 4.78 is 0. The molecule has 0 fully saturated rings. The molecule has 1 unspecified atom stereocenters. The van der Waals surface area contributed by atoms with E-state index in [1.54, 1.807) is 0 Å². The zero-order valence-corrected chi connectivity index (χ0v) is 13.2. The van der Waals surface area contributed by atoms with Gasteiger partial charge >= 0.3 is 5.97 Å². The maximum absolute atomic E-state index is 10.8. The highest BCUT2D eigenvalue weighted by atomic mass is 16.4. The van der Waals surface area contributed by atoms with Crippen molar-refractivity contribution >= 4 is 5.97 Å². The Bertz CT molecular complexity index is 217. The molecule has 3 nitrogen and oxygen atoms in total. The van der Waals surface area contributed by atoms with Crippen molar-refractivity contribution in [1.82, 2.24) is 4.90 Å². The first-order valence-electron chi connectivity index (χ1n) is 7.92. The van der Waals surface area contributed by atoms with E-state index in [0.717, 1.165) is 13.0 Å². The Balaban J connectivity index is 3.54. The van der Waals surface area contributed by atoms with Crippen molar-refractivity contribution in [2.45, 2.75) is 71.1 Å². The summed E-state index contributed by atoms with van der Waals surface area (Å²) in [6.07, 6.45) is 11.9. The Kier molecular flexibility index (Phi) is 12.1. The van der Waals surface area contributed by atoms with E-state index in [0.29, 0.717) is 12.3 Å². The zero-order valence-electron chi connectivity index (χ0n) is 13.2.